The molecule has 0 bridgehead atoms. The van der Waals surface area contributed by atoms with E-state index < -0.39 is 15.6 Å². The molecule has 6 nitrogen and oxygen atoms in total. The van der Waals surface area contributed by atoms with Crippen molar-refractivity contribution in [2.24, 2.45) is 0 Å². The molecule has 1 aliphatic rings. The lowest BCUT2D eigenvalue weighted by Crippen LogP contribution is -2.45. The van der Waals surface area contributed by atoms with Crippen molar-refractivity contribution in [3.63, 3.8) is 0 Å². The minimum Gasteiger partial charge on any atom is -0.487 e. The van der Waals surface area contributed by atoms with Crippen molar-refractivity contribution in [3.05, 3.63) is 89.0 Å². The Bertz CT molecular complexity index is 1350. The molecule has 1 amide bonds. The number of rotatable bonds is 6. The van der Waals surface area contributed by atoms with Crippen LogP contribution in [0.3, 0.4) is 0 Å². The Morgan fingerprint density at radius 3 is 2.46 bits per heavy atom. The first-order chi connectivity index (χ1) is 16.5. The molecule has 0 fully saturated rings. The number of anilines is 1. The molecule has 0 saturated carbocycles. The molecule has 7 heteroatoms. The van der Waals surface area contributed by atoms with E-state index in [0.717, 1.165) is 28.0 Å². The molecule has 1 atom stereocenters. The van der Waals surface area contributed by atoms with Gasteiger partial charge in [-0.15, -0.1) is 0 Å². The third-order valence-electron chi connectivity index (χ3n) is 6.42. The molecule has 0 aliphatic carbocycles. The van der Waals surface area contributed by atoms with Gasteiger partial charge in [0, 0.05) is 12.0 Å². The van der Waals surface area contributed by atoms with E-state index in [0.29, 0.717) is 12.1 Å². The second kappa shape index (κ2) is 9.38. The molecule has 0 saturated heterocycles. The van der Waals surface area contributed by atoms with Crippen molar-refractivity contribution in [2.75, 3.05) is 10.8 Å². The maximum atomic E-state index is 13.7. The van der Waals surface area contributed by atoms with Gasteiger partial charge in [-0.3, -0.25) is 9.10 Å². The number of sulfonamides is 1. The van der Waals surface area contributed by atoms with E-state index >= 15 is 0 Å². The largest absolute Gasteiger partial charge is 0.487 e. The lowest BCUT2D eigenvalue weighted by Gasteiger charge is -2.38. The quantitative estimate of drug-likeness (QED) is 0.512. The van der Waals surface area contributed by atoms with E-state index in [9.17, 15) is 13.2 Å². The second-order valence-electron chi connectivity index (χ2n) is 9.77. The molecule has 4 rings (SSSR count). The van der Waals surface area contributed by atoms with Crippen molar-refractivity contribution in [2.45, 2.75) is 57.6 Å². The first-order valence-corrected chi connectivity index (χ1v) is 13.1. The highest BCUT2D eigenvalue weighted by Crippen LogP contribution is 2.40. The summed E-state index contributed by atoms with van der Waals surface area (Å²) < 4.78 is 34.7. The van der Waals surface area contributed by atoms with Gasteiger partial charge in [0.2, 0.25) is 5.91 Å². The lowest BCUT2D eigenvalue weighted by atomic mass is 9.89. The monoisotopic (exact) mass is 492 g/mol. The zero-order valence-corrected chi connectivity index (χ0v) is 21.6. The average molecular weight is 493 g/mol. The van der Waals surface area contributed by atoms with Gasteiger partial charge in [-0.1, -0.05) is 48.0 Å². The molecule has 0 radical (unpaired) electrons. The van der Waals surface area contributed by atoms with Gasteiger partial charge in [-0.05, 0) is 70.0 Å². The molecule has 3 aromatic rings. The number of nitrogens with zero attached hydrogens (tertiary/aromatic N) is 1. The number of benzene rings is 3. The molecular weight excluding hydrogens is 460 g/mol. The fourth-order valence-corrected chi connectivity index (χ4v) is 6.00. The van der Waals surface area contributed by atoms with Crippen molar-refractivity contribution in [1.29, 1.82) is 0 Å². The van der Waals surface area contributed by atoms with Crippen LogP contribution in [-0.2, 0) is 14.8 Å². The van der Waals surface area contributed by atoms with Crippen LogP contribution in [-0.4, -0.2) is 26.5 Å². The molecule has 0 spiro atoms. The van der Waals surface area contributed by atoms with Crippen LogP contribution in [0.5, 0.6) is 5.75 Å². The predicted molar refractivity (Wildman–Crippen MR) is 138 cm³/mol. The van der Waals surface area contributed by atoms with Crippen LogP contribution in [0, 0.1) is 20.8 Å². The number of nitrogens with one attached hydrogen (secondary N) is 1. The van der Waals surface area contributed by atoms with Gasteiger partial charge in [0.25, 0.3) is 10.0 Å². The Hall–Kier alpha value is -3.32. The summed E-state index contributed by atoms with van der Waals surface area (Å²) in [6.45, 7) is 9.42. The van der Waals surface area contributed by atoms with Crippen molar-refractivity contribution in [1.82, 2.24) is 5.32 Å². The van der Waals surface area contributed by atoms with Crippen LogP contribution < -0.4 is 14.4 Å². The molecule has 3 aromatic carbocycles. The highest BCUT2D eigenvalue weighted by molar-refractivity contribution is 7.92. The van der Waals surface area contributed by atoms with Crippen LogP contribution in [0.2, 0.25) is 0 Å². The molecule has 1 heterocycles. The van der Waals surface area contributed by atoms with E-state index in [1.165, 1.54) is 4.31 Å². The summed E-state index contributed by atoms with van der Waals surface area (Å²) >= 11 is 0. The molecule has 184 valence electrons. The Morgan fingerprint density at radius 2 is 1.74 bits per heavy atom. The van der Waals surface area contributed by atoms with E-state index in [1.807, 2.05) is 65.0 Å². The van der Waals surface area contributed by atoms with Gasteiger partial charge >= 0.3 is 0 Å². The fourth-order valence-electron chi connectivity index (χ4n) is 4.50. The number of aryl methyl sites for hydroxylation is 2. The third-order valence-corrected chi connectivity index (χ3v) is 8.19. The fraction of sp³-hybridized carbons (Fsp3) is 0.321. The number of hydrogen-bond acceptors (Lipinski definition) is 4. The third kappa shape index (κ3) is 5.20. The van der Waals surface area contributed by atoms with E-state index in [2.05, 4.69) is 5.32 Å². The summed E-state index contributed by atoms with van der Waals surface area (Å²) in [7, 11) is -3.97. The van der Waals surface area contributed by atoms with Gasteiger partial charge in [0.15, 0.2) is 0 Å². The van der Waals surface area contributed by atoms with Crippen LogP contribution >= 0.6 is 0 Å². The maximum Gasteiger partial charge on any atom is 0.264 e. The van der Waals surface area contributed by atoms with E-state index in [4.69, 9.17) is 4.74 Å². The smallest absolute Gasteiger partial charge is 0.264 e. The molecule has 35 heavy (non-hydrogen) atoms. The van der Waals surface area contributed by atoms with Crippen molar-refractivity contribution < 1.29 is 17.9 Å². The number of amides is 1. The minimum atomic E-state index is -3.97. The summed E-state index contributed by atoms with van der Waals surface area (Å²) in [5, 5.41) is 3.09. The van der Waals surface area contributed by atoms with Crippen LogP contribution in [0.25, 0.3) is 0 Å². The number of ether oxygens (including phenoxy) is 1. The van der Waals surface area contributed by atoms with E-state index in [-0.39, 0.29) is 23.4 Å². The SMILES string of the molecule is Cc1ccc2c(c1)C(NC(=O)CN(c1cccc(C)c1C)S(=O)(=O)c1ccccc1)CC(C)(C)O2. The normalized spacial score (nSPS) is 16.7. The lowest BCUT2D eigenvalue weighted by molar-refractivity contribution is -0.120. The Labute approximate surface area is 208 Å². The number of carbonyl (C=O) groups excluding carboxylic acids is 1. The molecule has 1 aliphatic heterocycles. The Kier molecular flexibility index (Phi) is 6.64. The zero-order valence-electron chi connectivity index (χ0n) is 20.8. The van der Waals surface area contributed by atoms with Gasteiger partial charge < -0.3 is 10.1 Å². The van der Waals surface area contributed by atoms with Gasteiger partial charge in [0.1, 0.15) is 17.9 Å². The molecule has 1 N–H and O–H groups in total. The first kappa shape index (κ1) is 24.8. The van der Waals surface area contributed by atoms with Gasteiger partial charge in [0.05, 0.1) is 16.6 Å². The van der Waals surface area contributed by atoms with Crippen LogP contribution in [0.1, 0.15) is 48.6 Å². The average Bonchev–Trinajstić information content (AvgIpc) is 2.80. The minimum absolute atomic E-state index is 0.141. The predicted octanol–water partition coefficient (Wildman–Crippen LogP) is 5.23. The molecular formula is C28H32N2O4S. The molecule has 0 aromatic heterocycles. The molecule has 1 unspecified atom stereocenters. The van der Waals surface area contributed by atoms with Crippen LogP contribution in [0.4, 0.5) is 5.69 Å². The highest BCUT2D eigenvalue weighted by atomic mass is 32.2. The summed E-state index contributed by atoms with van der Waals surface area (Å²) in [6.07, 6.45) is 0.574. The van der Waals surface area contributed by atoms with Crippen molar-refractivity contribution in [3.8, 4) is 5.75 Å². The Morgan fingerprint density at radius 1 is 1.03 bits per heavy atom. The zero-order chi connectivity index (χ0) is 25.4. The summed E-state index contributed by atoms with van der Waals surface area (Å²) in [6, 6.07) is 19.3. The number of carbonyl (C=O) groups is 1. The maximum absolute atomic E-state index is 13.7. The van der Waals surface area contributed by atoms with Crippen LogP contribution in [0.15, 0.2) is 71.6 Å². The second-order valence-corrected chi connectivity index (χ2v) is 11.6. The standard InChI is InChI=1S/C28H32N2O4S/c1-19-14-15-26-23(16-19)24(17-28(4,5)34-26)29-27(31)18-30(25-13-9-10-20(2)21(25)3)35(32,33)22-11-7-6-8-12-22/h6-16,24H,17-18H2,1-5H3,(H,29,31). The number of fused-ring (bicyclic) bond motifs is 1. The number of hydrogen-bond donors (Lipinski definition) is 1. The topological polar surface area (TPSA) is 75.7 Å². The summed E-state index contributed by atoms with van der Waals surface area (Å²) in [5.74, 6) is 0.362. The van der Waals surface area contributed by atoms with Crippen molar-refractivity contribution >= 4 is 21.6 Å². The van der Waals surface area contributed by atoms with Gasteiger partial charge in [-0.2, -0.15) is 0 Å². The summed E-state index contributed by atoms with van der Waals surface area (Å²) in [4.78, 5) is 13.6. The Balaban J connectivity index is 1.69. The first-order valence-electron chi connectivity index (χ1n) is 11.7. The summed E-state index contributed by atoms with van der Waals surface area (Å²) in [5.41, 5.74) is 3.76. The van der Waals surface area contributed by atoms with E-state index in [1.54, 1.807) is 36.4 Å². The van der Waals surface area contributed by atoms with Gasteiger partial charge in [-0.25, -0.2) is 8.42 Å². The highest BCUT2D eigenvalue weighted by Gasteiger charge is 2.36.